The standard InChI is InChI=1S/C22H32ClN3O2/c1-22(2,26-13-4-3-5-14-26)16-24-20(27)18-7-6-12-25(15-18)21(28)17-8-10-19(23)11-9-17/h8-11,18H,3-7,12-16H2,1-2H3,(H,24,27)/t18-/m1/s1. The van der Waals surface area contributed by atoms with Gasteiger partial charge in [-0.1, -0.05) is 18.0 Å². The van der Waals surface area contributed by atoms with E-state index in [9.17, 15) is 9.59 Å². The van der Waals surface area contributed by atoms with Gasteiger partial charge in [0.15, 0.2) is 0 Å². The molecule has 2 amide bonds. The van der Waals surface area contributed by atoms with Crippen LogP contribution in [0.25, 0.3) is 0 Å². The third-order valence-electron chi connectivity index (χ3n) is 6.08. The summed E-state index contributed by atoms with van der Waals surface area (Å²) in [5.74, 6) is -0.0938. The monoisotopic (exact) mass is 405 g/mol. The molecule has 2 aliphatic rings. The van der Waals surface area contributed by atoms with Crippen LogP contribution in [0, 0.1) is 5.92 Å². The van der Waals surface area contributed by atoms with Crippen molar-refractivity contribution in [2.45, 2.75) is 51.5 Å². The van der Waals surface area contributed by atoms with Gasteiger partial charge in [-0.3, -0.25) is 14.5 Å². The Morgan fingerprint density at radius 1 is 1.07 bits per heavy atom. The van der Waals surface area contributed by atoms with Crippen molar-refractivity contribution in [2.75, 3.05) is 32.7 Å². The van der Waals surface area contributed by atoms with E-state index in [0.717, 1.165) is 25.9 Å². The Hall–Kier alpha value is -1.59. The van der Waals surface area contributed by atoms with Crippen molar-refractivity contribution in [3.8, 4) is 0 Å². The number of nitrogens with one attached hydrogen (secondary N) is 1. The summed E-state index contributed by atoms with van der Waals surface area (Å²) in [6.07, 6.45) is 5.47. The largest absolute Gasteiger partial charge is 0.354 e. The highest BCUT2D eigenvalue weighted by molar-refractivity contribution is 6.30. The normalized spacial score (nSPS) is 21.4. The maximum absolute atomic E-state index is 12.8. The summed E-state index contributed by atoms with van der Waals surface area (Å²) in [6.45, 7) is 8.45. The van der Waals surface area contributed by atoms with Gasteiger partial charge in [-0.2, -0.15) is 0 Å². The molecule has 1 aromatic carbocycles. The van der Waals surface area contributed by atoms with Crippen molar-refractivity contribution in [2.24, 2.45) is 5.92 Å². The molecule has 0 bridgehead atoms. The Labute approximate surface area is 173 Å². The number of benzene rings is 1. The van der Waals surface area contributed by atoms with Gasteiger partial charge in [0.05, 0.1) is 5.92 Å². The van der Waals surface area contributed by atoms with Gasteiger partial charge in [0.1, 0.15) is 0 Å². The van der Waals surface area contributed by atoms with Gasteiger partial charge in [0.25, 0.3) is 5.91 Å². The number of amides is 2. The third kappa shape index (κ3) is 5.26. The third-order valence-corrected chi connectivity index (χ3v) is 6.33. The highest BCUT2D eigenvalue weighted by Crippen LogP contribution is 2.22. The summed E-state index contributed by atoms with van der Waals surface area (Å²) >= 11 is 5.91. The molecule has 0 saturated carbocycles. The van der Waals surface area contributed by atoms with Gasteiger partial charge in [-0.05, 0) is 76.9 Å². The maximum Gasteiger partial charge on any atom is 0.253 e. The van der Waals surface area contributed by atoms with Gasteiger partial charge in [0.2, 0.25) is 5.91 Å². The first kappa shape index (κ1) is 21.1. The summed E-state index contributed by atoms with van der Waals surface area (Å²) in [6, 6.07) is 6.95. The van der Waals surface area contributed by atoms with E-state index in [1.54, 1.807) is 29.2 Å². The Balaban J connectivity index is 1.53. The van der Waals surface area contributed by atoms with Crippen LogP contribution in [-0.4, -0.2) is 59.9 Å². The fraction of sp³-hybridized carbons (Fsp3) is 0.636. The highest BCUT2D eigenvalue weighted by Gasteiger charge is 2.32. The Bertz CT molecular complexity index is 684. The van der Waals surface area contributed by atoms with Crippen LogP contribution in [0.4, 0.5) is 0 Å². The predicted octanol–water partition coefficient (Wildman–Crippen LogP) is 3.57. The van der Waals surface area contributed by atoms with E-state index >= 15 is 0 Å². The summed E-state index contributed by atoms with van der Waals surface area (Å²) in [7, 11) is 0. The number of piperidine rings is 2. The molecule has 0 unspecified atom stereocenters. The quantitative estimate of drug-likeness (QED) is 0.814. The minimum Gasteiger partial charge on any atom is -0.354 e. The van der Waals surface area contributed by atoms with Crippen LogP contribution in [0.3, 0.4) is 0 Å². The van der Waals surface area contributed by atoms with Crippen molar-refractivity contribution in [3.63, 3.8) is 0 Å². The molecule has 2 aliphatic heterocycles. The van der Waals surface area contributed by atoms with Crippen LogP contribution in [0.5, 0.6) is 0 Å². The van der Waals surface area contributed by atoms with Crippen molar-refractivity contribution < 1.29 is 9.59 Å². The number of halogens is 1. The number of likely N-dealkylation sites (tertiary alicyclic amines) is 2. The lowest BCUT2D eigenvalue weighted by Crippen LogP contribution is -2.55. The Morgan fingerprint density at radius 3 is 2.43 bits per heavy atom. The molecule has 0 aliphatic carbocycles. The first-order valence-corrected chi connectivity index (χ1v) is 10.8. The van der Waals surface area contributed by atoms with Crippen LogP contribution in [-0.2, 0) is 4.79 Å². The number of nitrogens with zero attached hydrogens (tertiary/aromatic N) is 2. The number of rotatable bonds is 5. The molecule has 2 fully saturated rings. The van der Waals surface area contributed by atoms with Gasteiger partial charge in [0, 0.05) is 35.8 Å². The average molecular weight is 406 g/mol. The molecular weight excluding hydrogens is 374 g/mol. The zero-order valence-electron chi connectivity index (χ0n) is 17.0. The topological polar surface area (TPSA) is 52.7 Å². The number of hydrogen-bond donors (Lipinski definition) is 1. The Kier molecular flexibility index (Phi) is 7.00. The highest BCUT2D eigenvalue weighted by atomic mass is 35.5. The first-order chi connectivity index (χ1) is 13.4. The van der Waals surface area contributed by atoms with E-state index in [1.807, 2.05) is 0 Å². The van der Waals surface area contributed by atoms with E-state index in [2.05, 4.69) is 24.1 Å². The summed E-state index contributed by atoms with van der Waals surface area (Å²) < 4.78 is 0. The number of hydrogen-bond acceptors (Lipinski definition) is 3. The zero-order valence-corrected chi connectivity index (χ0v) is 17.8. The predicted molar refractivity (Wildman–Crippen MR) is 113 cm³/mol. The fourth-order valence-corrected chi connectivity index (χ4v) is 4.34. The molecule has 0 radical (unpaired) electrons. The molecule has 1 atom stereocenters. The van der Waals surface area contributed by atoms with Crippen LogP contribution in [0.15, 0.2) is 24.3 Å². The van der Waals surface area contributed by atoms with Crippen molar-refractivity contribution in [1.82, 2.24) is 15.1 Å². The molecule has 1 N–H and O–H groups in total. The second kappa shape index (κ2) is 9.27. The minimum atomic E-state index is -0.137. The van der Waals surface area contributed by atoms with E-state index < -0.39 is 0 Å². The summed E-state index contributed by atoms with van der Waals surface area (Å²) in [5, 5.41) is 3.78. The summed E-state index contributed by atoms with van der Waals surface area (Å²) in [5.41, 5.74) is 0.584. The molecule has 1 aromatic rings. The SMILES string of the molecule is CC(C)(CNC(=O)[C@@H]1CCCN(C(=O)c2ccc(Cl)cc2)C1)N1CCCCC1. The van der Waals surface area contributed by atoms with Gasteiger partial charge in [-0.25, -0.2) is 0 Å². The fourth-order valence-electron chi connectivity index (χ4n) is 4.21. The smallest absolute Gasteiger partial charge is 0.253 e. The zero-order chi connectivity index (χ0) is 20.1. The molecule has 3 rings (SSSR count). The lowest BCUT2D eigenvalue weighted by atomic mass is 9.95. The number of carbonyl (C=O) groups is 2. The molecule has 2 saturated heterocycles. The second-order valence-electron chi connectivity index (χ2n) is 8.68. The van der Waals surface area contributed by atoms with E-state index in [0.29, 0.717) is 30.2 Å². The van der Waals surface area contributed by atoms with Crippen LogP contribution >= 0.6 is 11.6 Å². The second-order valence-corrected chi connectivity index (χ2v) is 9.11. The molecule has 0 spiro atoms. The van der Waals surface area contributed by atoms with Gasteiger partial charge >= 0.3 is 0 Å². The Morgan fingerprint density at radius 2 is 1.75 bits per heavy atom. The lowest BCUT2D eigenvalue weighted by Gasteiger charge is -2.41. The van der Waals surface area contributed by atoms with E-state index in [4.69, 9.17) is 11.6 Å². The molecule has 5 nitrogen and oxygen atoms in total. The van der Waals surface area contributed by atoms with E-state index in [-0.39, 0.29) is 23.3 Å². The van der Waals surface area contributed by atoms with E-state index in [1.165, 1.54) is 19.3 Å². The van der Waals surface area contributed by atoms with Gasteiger partial charge in [-0.15, -0.1) is 0 Å². The van der Waals surface area contributed by atoms with Gasteiger partial charge < -0.3 is 10.2 Å². The van der Waals surface area contributed by atoms with Crippen LogP contribution < -0.4 is 5.32 Å². The summed E-state index contributed by atoms with van der Waals surface area (Å²) in [4.78, 5) is 29.8. The lowest BCUT2D eigenvalue weighted by molar-refractivity contribution is -0.127. The average Bonchev–Trinajstić information content (AvgIpc) is 2.73. The van der Waals surface area contributed by atoms with Crippen molar-refractivity contribution >= 4 is 23.4 Å². The van der Waals surface area contributed by atoms with Crippen LogP contribution in [0.1, 0.15) is 56.3 Å². The minimum absolute atomic E-state index is 0.0252. The molecule has 6 heteroatoms. The molecule has 2 heterocycles. The maximum atomic E-state index is 12.8. The molecule has 0 aromatic heterocycles. The number of carbonyl (C=O) groups excluding carboxylic acids is 2. The molecular formula is C22H32ClN3O2. The van der Waals surface area contributed by atoms with Crippen molar-refractivity contribution in [3.05, 3.63) is 34.9 Å². The van der Waals surface area contributed by atoms with Crippen LogP contribution in [0.2, 0.25) is 5.02 Å². The first-order valence-electron chi connectivity index (χ1n) is 10.4. The molecule has 154 valence electrons. The molecule has 28 heavy (non-hydrogen) atoms. The van der Waals surface area contributed by atoms with Crippen molar-refractivity contribution in [1.29, 1.82) is 0 Å².